The van der Waals surface area contributed by atoms with Crippen LogP contribution in [0, 0.1) is 11.6 Å². The highest BCUT2D eigenvalue weighted by atomic mass is 19.2. The molecule has 1 aliphatic rings. The monoisotopic (exact) mass is 285 g/mol. The van der Waals surface area contributed by atoms with Crippen LogP contribution in [0.15, 0.2) is 18.2 Å². The van der Waals surface area contributed by atoms with Gasteiger partial charge in [0.15, 0.2) is 11.6 Å². The van der Waals surface area contributed by atoms with E-state index in [1.165, 1.54) is 12.1 Å². The zero-order valence-electron chi connectivity index (χ0n) is 11.2. The lowest BCUT2D eigenvalue weighted by Gasteiger charge is -2.21. The van der Waals surface area contributed by atoms with E-state index in [1.54, 1.807) is 6.92 Å². The van der Waals surface area contributed by atoms with E-state index in [2.05, 4.69) is 0 Å². The van der Waals surface area contributed by atoms with E-state index >= 15 is 0 Å². The summed E-state index contributed by atoms with van der Waals surface area (Å²) in [5, 5.41) is 0. The summed E-state index contributed by atoms with van der Waals surface area (Å²) in [5.74, 6) is -2.64. The molecule has 1 fully saturated rings. The fraction of sp³-hybridized carbons (Fsp3) is 0.500. The number of nitrogens with two attached hydrogens (primary N) is 1. The molecule has 1 aromatic carbocycles. The molecule has 0 heterocycles. The van der Waals surface area contributed by atoms with Crippen molar-refractivity contribution < 1.29 is 23.0 Å². The summed E-state index contributed by atoms with van der Waals surface area (Å²) < 4.78 is 36.9. The van der Waals surface area contributed by atoms with Gasteiger partial charge in [-0.3, -0.25) is 4.79 Å². The highest BCUT2D eigenvalue weighted by Gasteiger charge is 2.44. The fourth-order valence-corrected chi connectivity index (χ4v) is 2.34. The molecule has 4 nitrogen and oxygen atoms in total. The van der Waals surface area contributed by atoms with Gasteiger partial charge in [-0.25, -0.2) is 4.39 Å². The van der Waals surface area contributed by atoms with Gasteiger partial charge in [-0.15, -0.1) is 0 Å². The van der Waals surface area contributed by atoms with Crippen LogP contribution in [0.4, 0.5) is 8.78 Å². The van der Waals surface area contributed by atoms with E-state index in [1.807, 2.05) is 0 Å². The molecule has 2 unspecified atom stereocenters. The molecule has 0 aromatic heterocycles. The van der Waals surface area contributed by atoms with Gasteiger partial charge >= 0.3 is 5.97 Å². The Balaban J connectivity index is 2.03. The molecule has 0 spiro atoms. The first-order valence-corrected chi connectivity index (χ1v) is 6.53. The van der Waals surface area contributed by atoms with Crippen LogP contribution in [0.5, 0.6) is 5.75 Å². The molecule has 0 saturated heterocycles. The molecule has 20 heavy (non-hydrogen) atoms. The van der Waals surface area contributed by atoms with Crippen LogP contribution >= 0.6 is 0 Å². The number of ether oxygens (including phenoxy) is 2. The molecule has 0 radical (unpaired) electrons. The maximum atomic E-state index is 13.5. The van der Waals surface area contributed by atoms with E-state index in [4.69, 9.17) is 15.2 Å². The van der Waals surface area contributed by atoms with Gasteiger partial charge in [0.25, 0.3) is 0 Å². The van der Waals surface area contributed by atoms with E-state index in [0.717, 1.165) is 6.07 Å². The first-order valence-electron chi connectivity index (χ1n) is 6.53. The van der Waals surface area contributed by atoms with Gasteiger partial charge in [0.05, 0.1) is 6.61 Å². The molecule has 1 saturated carbocycles. The van der Waals surface area contributed by atoms with Gasteiger partial charge in [-0.05, 0) is 31.9 Å². The largest absolute Gasteiger partial charge is 0.487 e. The number of benzene rings is 1. The zero-order valence-corrected chi connectivity index (χ0v) is 11.2. The standard InChI is InChI=1S/C14H17F2NO3/c1-2-19-13(18)14(17)7-6-9(8-14)20-11-5-3-4-10(15)12(11)16/h3-5,9H,2,6-8,17H2,1H3. The minimum atomic E-state index is -1.11. The summed E-state index contributed by atoms with van der Waals surface area (Å²) in [4.78, 5) is 11.7. The van der Waals surface area contributed by atoms with E-state index in [-0.39, 0.29) is 18.8 Å². The van der Waals surface area contributed by atoms with Crippen molar-refractivity contribution in [1.29, 1.82) is 0 Å². The summed E-state index contributed by atoms with van der Waals surface area (Å²) in [5.41, 5.74) is 4.87. The van der Waals surface area contributed by atoms with Crippen molar-refractivity contribution in [3.8, 4) is 5.75 Å². The normalized spacial score (nSPS) is 25.5. The quantitative estimate of drug-likeness (QED) is 0.861. The smallest absolute Gasteiger partial charge is 0.326 e. The Morgan fingerprint density at radius 2 is 2.25 bits per heavy atom. The highest BCUT2D eigenvalue weighted by Crippen LogP contribution is 2.33. The van der Waals surface area contributed by atoms with Gasteiger partial charge in [0, 0.05) is 6.42 Å². The molecule has 1 aromatic rings. The topological polar surface area (TPSA) is 61.5 Å². The van der Waals surface area contributed by atoms with Crippen LogP contribution in [-0.4, -0.2) is 24.2 Å². The Morgan fingerprint density at radius 3 is 2.95 bits per heavy atom. The average molecular weight is 285 g/mol. The summed E-state index contributed by atoms with van der Waals surface area (Å²) in [6.07, 6.45) is 0.682. The lowest BCUT2D eigenvalue weighted by atomic mass is 9.99. The van der Waals surface area contributed by atoms with Crippen LogP contribution in [0.2, 0.25) is 0 Å². The Hall–Kier alpha value is -1.69. The number of esters is 1. The highest BCUT2D eigenvalue weighted by molar-refractivity contribution is 5.81. The van der Waals surface area contributed by atoms with Gasteiger partial charge < -0.3 is 15.2 Å². The SMILES string of the molecule is CCOC(=O)C1(N)CCC(Oc2cccc(F)c2F)C1. The van der Waals surface area contributed by atoms with Crippen molar-refractivity contribution in [2.24, 2.45) is 5.73 Å². The Morgan fingerprint density at radius 1 is 1.50 bits per heavy atom. The summed E-state index contributed by atoms with van der Waals surface area (Å²) in [7, 11) is 0. The van der Waals surface area contributed by atoms with Gasteiger partial charge in [0.1, 0.15) is 11.6 Å². The van der Waals surface area contributed by atoms with Crippen LogP contribution in [0.3, 0.4) is 0 Å². The van der Waals surface area contributed by atoms with Gasteiger partial charge in [0.2, 0.25) is 5.82 Å². The summed E-state index contributed by atoms with van der Waals surface area (Å²) >= 11 is 0. The van der Waals surface area contributed by atoms with E-state index < -0.39 is 29.2 Å². The van der Waals surface area contributed by atoms with Crippen molar-refractivity contribution in [2.75, 3.05) is 6.61 Å². The molecular weight excluding hydrogens is 268 g/mol. The number of carbonyl (C=O) groups is 1. The lowest BCUT2D eigenvalue weighted by Crippen LogP contribution is -2.47. The molecule has 2 N–H and O–H groups in total. The first kappa shape index (κ1) is 14.7. The molecule has 2 rings (SSSR count). The molecule has 2 atom stereocenters. The minimum Gasteiger partial charge on any atom is -0.487 e. The Bertz CT molecular complexity index is 509. The average Bonchev–Trinajstić information content (AvgIpc) is 2.78. The number of hydrogen-bond donors (Lipinski definition) is 1. The van der Waals surface area contributed by atoms with Crippen molar-refractivity contribution in [3.05, 3.63) is 29.8 Å². The molecule has 0 amide bonds. The predicted octanol–water partition coefficient (Wildman–Crippen LogP) is 2.16. The van der Waals surface area contributed by atoms with Crippen LogP contribution < -0.4 is 10.5 Å². The van der Waals surface area contributed by atoms with Crippen molar-refractivity contribution in [3.63, 3.8) is 0 Å². The molecule has 0 bridgehead atoms. The van der Waals surface area contributed by atoms with Crippen molar-refractivity contribution in [1.82, 2.24) is 0 Å². The maximum absolute atomic E-state index is 13.5. The molecule has 6 heteroatoms. The number of halogens is 2. The molecular formula is C14H17F2NO3. The van der Waals surface area contributed by atoms with Gasteiger partial charge in [-0.2, -0.15) is 4.39 Å². The van der Waals surface area contributed by atoms with E-state index in [9.17, 15) is 13.6 Å². The molecule has 110 valence electrons. The van der Waals surface area contributed by atoms with Crippen LogP contribution in [-0.2, 0) is 9.53 Å². The second kappa shape index (κ2) is 5.75. The maximum Gasteiger partial charge on any atom is 0.326 e. The number of rotatable bonds is 4. The third kappa shape index (κ3) is 2.90. The number of carbonyl (C=O) groups excluding carboxylic acids is 1. The zero-order chi connectivity index (χ0) is 14.8. The first-order chi connectivity index (χ1) is 9.46. The molecule has 1 aliphatic carbocycles. The third-order valence-corrected chi connectivity index (χ3v) is 3.40. The summed E-state index contributed by atoms with van der Waals surface area (Å²) in [6.45, 7) is 1.95. The van der Waals surface area contributed by atoms with Crippen molar-refractivity contribution in [2.45, 2.75) is 37.8 Å². The third-order valence-electron chi connectivity index (χ3n) is 3.40. The fourth-order valence-electron chi connectivity index (χ4n) is 2.34. The van der Waals surface area contributed by atoms with Crippen LogP contribution in [0.1, 0.15) is 26.2 Å². The molecule has 0 aliphatic heterocycles. The Labute approximate surface area is 115 Å². The van der Waals surface area contributed by atoms with Crippen molar-refractivity contribution >= 4 is 5.97 Å². The van der Waals surface area contributed by atoms with E-state index in [0.29, 0.717) is 12.8 Å². The second-order valence-corrected chi connectivity index (χ2v) is 4.91. The predicted molar refractivity (Wildman–Crippen MR) is 68.2 cm³/mol. The van der Waals surface area contributed by atoms with Crippen LogP contribution in [0.25, 0.3) is 0 Å². The second-order valence-electron chi connectivity index (χ2n) is 4.91. The Kier molecular flexibility index (Phi) is 4.23. The van der Waals surface area contributed by atoms with Gasteiger partial charge in [-0.1, -0.05) is 6.07 Å². The summed E-state index contributed by atoms with van der Waals surface area (Å²) in [6, 6.07) is 3.73. The lowest BCUT2D eigenvalue weighted by molar-refractivity contribution is -0.149. The number of hydrogen-bond acceptors (Lipinski definition) is 4. The minimum absolute atomic E-state index is 0.164.